The van der Waals surface area contributed by atoms with Gasteiger partial charge in [-0.3, -0.25) is 4.79 Å². The average molecular weight is 280 g/mol. The van der Waals surface area contributed by atoms with Crippen LogP contribution in [0, 0.1) is 0 Å². The summed E-state index contributed by atoms with van der Waals surface area (Å²) < 4.78 is 5.65. The van der Waals surface area contributed by atoms with Crippen molar-refractivity contribution in [2.24, 2.45) is 0 Å². The van der Waals surface area contributed by atoms with Gasteiger partial charge in [0.05, 0.1) is 0 Å². The van der Waals surface area contributed by atoms with E-state index in [4.69, 9.17) is 4.74 Å². The van der Waals surface area contributed by atoms with E-state index in [1.165, 1.54) is 57.8 Å². The van der Waals surface area contributed by atoms with Crippen LogP contribution in [0.15, 0.2) is 12.2 Å². The monoisotopic (exact) mass is 280 g/mol. The SMILES string of the molecule is CCCCCC1C/C=C\CCCCCCCCC(=O)O1. The molecule has 116 valence electrons. The van der Waals surface area contributed by atoms with Gasteiger partial charge >= 0.3 is 5.97 Å². The van der Waals surface area contributed by atoms with Crippen molar-refractivity contribution in [2.45, 2.75) is 96.5 Å². The van der Waals surface area contributed by atoms with Crippen molar-refractivity contribution in [3.05, 3.63) is 12.2 Å². The molecule has 1 atom stereocenters. The van der Waals surface area contributed by atoms with Gasteiger partial charge in [0.1, 0.15) is 6.10 Å². The number of rotatable bonds is 4. The molecule has 1 aliphatic rings. The Morgan fingerprint density at radius 1 is 1.05 bits per heavy atom. The molecule has 0 saturated heterocycles. The van der Waals surface area contributed by atoms with E-state index in [0.29, 0.717) is 6.42 Å². The molecule has 0 fully saturated rings. The predicted molar refractivity (Wildman–Crippen MR) is 84.7 cm³/mol. The van der Waals surface area contributed by atoms with Gasteiger partial charge in [0.25, 0.3) is 0 Å². The molecular weight excluding hydrogens is 248 g/mol. The van der Waals surface area contributed by atoms with Gasteiger partial charge in [0, 0.05) is 12.8 Å². The van der Waals surface area contributed by atoms with Crippen LogP contribution in [0.2, 0.25) is 0 Å². The van der Waals surface area contributed by atoms with Crippen molar-refractivity contribution in [1.82, 2.24) is 0 Å². The Hall–Kier alpha value is -0.790. The molecule has 0 aliphatic carbocycles. The van der Waals surface area contributed by atoms with E-state index in [1.807, 2.05) is 0 Å². The number of carbonyl (C=O) groups is 1. The summed E-state index contributed by atoms with van der Waals surface area (Å²) in [6.45, 7) is 2.21. The molecule has 1 heterocycles. The van der Waals surface area contributed by atoms with Crippen molar-refractivity contribution in [3.63, 3.8) is 0 Å². The van der Waals surface area contributed by atoms with Gasteiger partial charge in [-0.2, -0.15) is 0 Å². The third-order valence-electron chi connectivity index (χ3n) is 4.00. The van der Waals surface area contributed by atoms with E-state index >= 15 is 0 Å². The van der Waals surface area contributed by atoms with Gasteiger partial charge in [-0.25, -0.2) is 0 Å². The Labute approximate surface area is 125 Å². The summed E-state index contributed by atoms with van der Waals surface area (Å²) >= 11 is 0. The number of esters is 1. The van der Waals surface area contributed by atoms with Crippen LogP contribution in [0.25, 0.3) is 0 Å². The number of unbranched alkanes of at least 4 members (excludes halogenated alkanes) is 2. The van der Waals surface area contributed by atoms with Gasteiger partial charge in [0.2, 0.25) is 0 Å². The molecule has 0 amide bonds. The van der Waals surface area contributed by atoms with Crippen LogP contribution >= 0.6 is 0 Å². The molecule has 0 N–H and O–H groups in total. The lowest BCUT2D eigenvalue weighted by atomic mass is 10.1. The molecule has 20 heavy (non-hydrogen) atoms. The van der Waals surface area contributed by atoms with E-state index in [1.54, 1.807) is 0 Å². The Morgan fingerprint density at radius 2 is 1.80 bits per heavy atom. The maximum Gasteiger partial charge on any atom is 0.306 e. The van der Waals surface area contributed by atoms with Crippen molar-refractivity contribution in [1.29, 1.82) is 0 Å². The first-order chi connectivity index (χ1) is 9.83. The van der Waals surface area contributed by atoms with Crippen LogP contribution in [0.5, 0.6) is 0 Å². The fourth-order valence-electron chi connectivity index (χ4n) is 2.70. The molecule has 1 aliphatic heterocycles. The number of hydrogen-bond acceptors (Lipinski definition) is 2. The zero-order valence-corrected chi connectivity index (χ0v) is 13.2. The summed E-state index contributed by atoms with van der Waals surface area (Å²) in [5.41, 5.74) is 0. The van der Waals surface area contributed by atoms with Gasteiger partial charge in [-0.15, -0.1) is 0 Å². The highest BCUT2D eigenvalue weighted by molar-refractivity contribution is 5.69. The molecule has 0 bridgehead atoms. The minimum atomic E-state index is 0.0111. The normalized spacial score (nSPS) is 24.6. The lowest BCUT2D eigenvalue weighted by molar-refractivity contribution is -0.149. The summed E-state index contributed by atoms with van der Waals surface area (Å²) in [6.07, 6.45) is 19.3. The third kappa shape index (κ3) is 9.17. The van der Waals surface area contributed by atoms with E-state index in [0.717, 1.165) is 19.3 Å². The highest BCUT2D eigenvalue weighted by Crippen LogP contribution is 2.15. The van der Waals surface area contributed by atoms with E-state index in [9.17, 15) is 4.79 Å². The molecule has 2 nitrogen and oxygen atoms in total. The fraction of sp³-hybridized carbons (Fsp3) is 0.833. The Bertz CT molecular complexity index is 271. The fourth-order valence-corrected chi connectivity index (χ4v) is 2.70. The van der Waals surface area contributed by atoms with Crippen molar-refractivity contribution >= 4 is 5.97 Å². The zero-order chi connectivity index (χ0) is 14.5. The second-order valence-electron chi connectivity index (χ2n) is 5.97. The molecular formula is C18H32O2. The topological polar surface area (TPSA) is 26.3 Å². The summed E-state index contributed by atoms with van der Waals surface area (Å²) in [7, 11) is 0. The number of hydrogen-bond donors (Lipinski definition) is 0. The molecule has 0 aromatic rings. The van der Waals surface area contributed by atoms with Crippen molar-refractivity contribution < 1.29 is 9.53 Å². The number of ether oxygens (including phenoxy) is 1. The van der Waals surface area contributed by atoms with Crippen LogP contribution < -0.4 is 0 Å². The zero-order valence-electron chi connectivity index (χ0n) is 13.2. The minimum absolute atomic E-state index is 0.0111. The quantitative estimate of drug-likeness (QED) is 0.383. The number of carbonyl (C=O) groups excluding carboxylic acids is 1. The minimum Gasteiger partial charge on any atom is -0.462 e. The van der Waals surface area contributed by atoms with Crippen LogP contribution in [0.1, 0.15) is 90.4 Å². The maximum absolute atomic E-state index is 11.8. The molecule has 1 unspecified atom stereocenters. The molecule has 0 radical (unpaired) electrons. The van der Waals surface area contributed by atoms with Gasteiger partial charge in [0.15, 0.2) is 0 Å². The summed E-state index contributed by atoms with van der Waals surface area (Å²) in [5.74, 6) is 0.0111. The molecule has 0 aromatic heterocycles. The number of allylic oxidation sites excluding steroid dienone is 1. The average Bonchev–Trinajstić information content (AvgIpc) is 2.44. The molecule has 2 heteroatoms. The molecule has 0 aromatic carbocycles. The standard InChI is InChI=1S/C18H32O2/c1-2-3-11-14-17-15-12-9-7-5-4-6-8-10-13-16-18(19)20-17/h9,12,17H,2-8,10-11,13-16H2,1H3/b12-9-. The highest BCUT2D eigenvalue weighted by Gasteiger charge is 2.12. The van der Waals surface area contributed by atoms with Gasteiger partial charge < -0.3 is 4.74 Å². The van der Waals surface area contributed by atoms with Gasteiger partial charge in [-0.1, -0.05) is 57.6 Å². The van der Waals surface area contributed by atoms with Crippen molar-refractivity contribution in [3.8, 4) is 0 Å². The third-order valence-corrected chi connectivity index (χ3v) is 4.00. The smallest absolute Gasteiger partial charge is 0.306 e. The first-order valence-electron chi connectivity index (χ1n) is 8.67. The molecule has 0 spiro atoms. The predicted octanol–water partition coefficient (Wildman–Crippen LogP) is 5.56. The molecule has 0 saturated carbocycles. The van der Waals surface area contributed by atoms with Crippen LogP contribution in [-0.4, -0.2) is 12.1 Å². The first-order valence-corrected chi connectivity index (χ1v) is 8.67. The maximum atomic E-state index is 11.8. The molecule has 1 rings (SSSR count). The summed E-state index contributed by atoms with van der Waals surface area (Å²) in [5, 5.41) is 0. The van der Waals surface area contributed by atoms with Gasteiger partial charge in [-0.05, 0) is 32.1 Å². The summed E-state index contributed by atoms with van der Waals surface area (Å²) in [6, 6.07) is 0. The second kappa shape index (κ2) is 12.0. The van der Waals surface area contributed by atoms with Crippen LogP contribution in [0.3, 0.4) is 0 Å². The lowest BCUT2D eigenvalue weighted by Gasteiger charge is -2.16. The Morgan fingerprint density at radius 3 is 2.60 bits per heavy atom. The van der Waals surface area contributed by atoms with Crippen molar-refractivity contribution in [2.75, 3.05) is 0 Å². The van der Waals surface area contributed by atoms with E-state index in [2.05, 4.69) is 19.1 Å². The highest BCUT2D eigenvalue weighted by atomic mass is 16.5. The van der Waals surface area contributed by atoms with Crippen LogP contribution in [0.4, 0.5) is 0 Å². The summed E-state index contributed by atoms with van der Waals surface area (Å²) in [4.78, 5) is 11.8. The number of cyclic esters (lactones) is 1. The largest absolute Gasteiger partial charge is 0.462 e. The van der Waals surface area contributed by atoms with E-state index < -0.39 is 0 Å². The lowest BCUT2D eigenvalue weighted by Crippen LogP contribution is -2.17. The van der Waals surface area contributed by atoms with E-state index in [-0.39, 0.29) is 12.1 Å². The Balaban J connectivity index is 2.41. The first kappa shape index (κ1) is 17.3. The Kier molecular flexibility index (Phi) is 10.3. The van der Waals surface area contributed by atoms with Crippen LogP contribution in [-0.2, 0) is 9.53 Å². The second-order valence-corrected chi connectivity index (χ2v) is 5.97.